The van der Waals surface area contributed by atoms with Gasteiger partial charge < -0.3 is 10.1 Å². The first-order valence-corrected chi connectivity index (χ1v) is 8.68. The number of carbonyl (C=O) groups is 1. The lowest BCUT2D eigenvalue weighted by Gasteiger charge is -2.13. The predicted molar refractivity (Wildman–Crippen MR) is 104 cm³/mol. The van der Waals surface area contributed by atoms with Gasteiger partial charge in [0.15, 0.2) is 5.75 Å². The van der Waals surface area contributed by atoms with Crippen molar-refractivity contribution in [1.29, 1.82) is 0 Å². The van der Waals surface area contributed by atoms with Crippen molar-refractivity contribution in [2.24, 2.45) is 0 Å². The predicted octanol–water partition coefficient (Wildman–Crippen LogP) is 4.52. The minimum atomic E-state index is -0.235. The molecular weight excluding hydrogens is 364 g/mol. The summed E-state index contributed by atoms with van der Waals surface area (Å²) in [7, 11) is 0. The van der Waals surface area contributed by atoms with Crippen LogP contribution in [0.3, 0.4) is 0 Å². The van der Waals surface area contributed by atoms with E-state index in [1.54, 1.807) is 28.9 Å². The summed E-state index contributed by atoms with van der Waals surface area (Å²) in [4.78, 5) is 12.5. The van der Waals surface area contributed by atoms with Crippen LogP contribution in [0.2, 0.25) is 5.02 Å². The van der Waals surface area contributed by atoms with Gasteiger partial charge in [-0.1, -0.05) is 53.2 Å². The number of rotatable bonds is 5. The molecule has 0 aliphatic carbocycles. The van der Waals surface area contributed by atoms with Crippen LogP contribution >= 0.6 is 11.6 Å². The van der Waals surface area contributed by atoms with Crippen LogP contribution in [0.5, 0.6) is 11.5 Å². The van der Waals surface area contributed by atoms with Gasteiger partial charge in [-0.05, 0) is 36.4 Å². The van der Waals surface area contributed by atoms with E-state index in [0.717, 1.165) is 11.0 Å². The topological polar surface area (TPSA) is 69.0 Å². The van der Waals surface area contributed by atoms with E-state index in [0.29, 0.717) is 22.2 Å². The number of carbonyl (C=O) groups excluding carboxylic acids is 1. The summed E-state index contributed by atoms with van der Waals surface area (Å²) in [6.45, 7) is 0.0426. The number of fused-ring (bicyclic) bond motifs is 1. The van der Waals surface area contributed by atoms with Crippen molar-refractivity contribution in [2.45, 2.75) is 6.54 Å². The van der Waals surface area contributed by atoms with Crippen LogP contribution in [0.15, 0.2) is 72.8 Å². The molecule has 1 heterocycles. The monoisotopic (exact) mass is 378 g/mol. The molecule has 1 amide bonds. The first-order valence-electron chi connectivity index (χ1n) is 8.30. The molecular formula is C20H15ClN4O2. The Balaban J connectivity index is 1.52. The van der Waals surface area contributed by atoms with Crippen molar-refractivity contribution in [2.75, 3.05) is 5.32 Å². The van der Waals surface area contributed by atoms with Crippen molar-refractivity contribution in [1.82, 2.24) is 15.0 Å². The molecule has 7 heteroatoms. The largest absolute Gasteiger partial charge is 0.454 e. The highest BCUT2D eigenvalue weighted by Gasteiger charge is 2.12. The Morgan fingerprint density at radius 3 is 2.52 bits per heavy atom. The Bertz CT molecular complexity index is 1110. The minimum Gasteiger partial charge on any atom is -0.454 e. The van der Waals surface area contributed by atoms with Gasteiger partial charge in [0.1, 0.15) is 17.8 Å². The Morgan fingerprint density at radius 1 is 0.963 bits per heavy atom. The minimum absolute atomic E-state index is 0.0426. The highest BCUT2D eigenvalue weighted by molar-refractivity contribution is 6.32. The first-order chi connectivity index (χ1) is 13.2. The fraction of sp³-hybridized carbons (Fsp3) is 0.0500. The molecule has 0 unspecified atom stereocenters. The second-order valence-corrected chi connectivity index (χ2v) is 6.22. The first kappa shape index (κ1) is 17.1. The van der Waals surface area contributed by atoms with E-state index in [1.165, 1.54) is 0 Å². The Kier molecular flexibility index (Phi) is 4.72. The number of anilines is 1. The zero-order chi connectivity index (χ0) is 18.6. The standard InChI is InChI=1S/C20H15ClN4O2/c21-14-7-1-5-11-18(14)27-19-12-6-3-9-16(19)22-20(26)13-25-17-10-4-2-8-15(17)23-24-25/h1-12H,13H2,(H,22,26). The van der Waals surface area contributed by atoms with Crippen molar-refractivity contribution in [3.8, 4) is 11.5 Å². The van der Waals surface area contributed by atoms with E-state index in [9.17, 15) is 4.79 Å². The third-order valence-corrected chi connectivity index (χ3v) is 4.24. The zero-order valence-corrected chi connectivity index (χ0v) is 14.9. The van der Waals surface area contributed by atoms with E-state index in [2.05, 4.69) is 15.6 Å². The van der Waals surface area contributed by atoms with Crippen molar-refractivity contribution in [3.63, 3.8) is 0 Å². The molecule has 1 aromatic heterocycles. The lowest BCUT2D eigenvalue weighted by Crippen LogP contribution is -2.19. The molecule has 0 aliphatic rings. The number of hydrogen-bond donors (Lipinski definition) is 1. The normalized spacial score (nSPS) is 10.7. The molecule has 27 heavy (non-hydrogen) atoms. The fourth-order valence-corrected chi connectivity index (χ4v) is 2.84. The molecule has 6 nitrogen and oxygen atoms in total. The lowest BCUT2D eigenvalue weighted by molar-refractivity contribution is -0.116. The van der Waals surface area contributed by atoms with Gasteiger partial charge in [0.2, 0.25) is 5.91 Å². The Morgan fingerprint density at radius 2 is 1.67 bits per heavy atom. The smallest absolute Gasteiger partial charge is 0.246 e. The lowest BCUT2D eigenvalue weighted by atomic mass is 10.2. The van der Waals surface area contributed by atoms with Crippen LogP contribution in [0.25, 0.3) is 11.0 Å². The van der Waals surface area contributed by atoms with E-state index >= 15 is 0 Å². The summed E-state index contributed by atoms with van der Waals surface area (Å²) in [5.74, 6) is 0.784. The summed E-state index contributed by atoms with van der Waals surface area (Å²) in [6.07, 6.45) is 0. The van der Waals surface area contributed by atoms with E-state index < -0.39 is 0 Å². The van der Waals surface area contributed by atoms with Crippen molar-refractivity contribution < 1.29 is 9.53 Å². The van der Waals surface area contributed by atoms with Gasteiger partial charge in [-0.3, -0.25) is 4.79 Å². The molecule has 4 aromatic rings. The van der Waals surface area contributed by atoms with Crippen LogP contribution < -0.4 is 10.1 Å². The van der Waals surface area contributed by atoms with Crippen LogP contribution in [-0.4, -0.2) is 20.9 Å². The second-order valence-electron chi connectivity index (χ2n) is 5.81. The molecule has 0 radical (unpaired) electrons. The van der Waals surface area contributed by atoms with E-state index in [1.807, 2.05) is 48.5 Å². The molecule has 0 spiro atoms. The van der Waals surface area contributed by atoms with Crippen molar-refractivity contribution >= 4 is 34.2 Å². The van der Waals surface area contributed by atoms with Crippen LogP contribution in [0.4, 0.5) is 5.69 Å². The zero-order valence-electron chi connectivity index (χ0n) is 14.2. The molecule has 0 aliphatic heterocycles. The van der Waals surface area contributed by atoms with Gasteiger partial charge >= 0.3 is 0 Å². The number of hydrogen-bond acceptors (Lipinski definition) is 4. The van der Waals surface area contributed by atoms with Gasteiger partial charge in [-0.15, -0.1) is 5.10 Å². The number of halogens is 1. The molecule has 0 fully saturated rings. The Hall–Kier alpha value is -3.38. The summed E-state index contributed by atoms with van der Waals surface area (Å²) < 4.78 is 7.42. The number of nitrogens with zero attached hydrogens (tertiary/aromatic N) is 3. The average Bonchev–Trinajstić information content (AvgIpc) is 3.08. The number of ether oxygens (including phenoxy) is 1. The van der Waals surface area contributed by atoms with Gasteiger partial charge in [-0.2, -0.15) is 0 Å². The van der Waals surface area contributed by atoms with Gasteiger partial charge in [0, 0.05) is 0 Å². The van der Waals surface area contributed by atoms with Gasteiger partial charge in [-0.25, -0.2) is 4.68 Å². The summed E-state index contributed by atoms with van der Waals surface area (Å²) in [5.41, 5.74) is 2.09. The third-order valence-electron chi connectivity index (χ3n) is 3.93. The molecule has 0 bridgehead atoms. The molecule has 4 rings (SSSR count). The van der Waals surface area contributed by atoms with Gasteiger partial charge in [0.25, 0.3) is 0 Å². The molecule has 0 saturated carbocycles. The maximum Gasteiger partial charge on any atom is 0.246 e. The Labute approximate surface area is 160 Å². The molecule has 0 saturated heterocycles. The van der Waals surface area contributed by atoms with E-state index in [4.69, 9.17) is 16.3 Å². The maximum atomic E-state index is 12.5. The third kappa shape index (κ3) is 3.75. The van der Waals surface area contributed by atoms with Crippen LogP contribution in [-0.2, 0) is 11.3 Å². The highest BCUT2D eigenvalue weighted by Crippen LogP contribution is 2.33. The van der Waals surface area contributed by atoms with Crippen molar-refractivity contribution in [3.05, 3.63) is 77.8 Å². The van der Waals surface area contributed by atoms with Gasteiger partial charge in [0.05, 0.1) is 16.2 Å². The molecule has 0 atom stereocenters. The van der Waals surface area contributed by atoms with Crippen LogP contribution in [0, 0.1) is 0 Å². The number of para-hydroxylation sites is 4. The molecule has 1 N–H and O–H groups in total. The molecule has 134 valence electrons. The SMILES string of the molecule is O=C(Cn1nnc2ccccc21)Nc1ccccc1Oc1ccccc1Cl. The maximum absolute atomic E-state index is 12.5. The fourth-order valence-electron chi connectivity index (χ4n) is 2.66. The average molecular weight is 379 g/mol. The summed E-state index contributed by atoms with van der Waals surface area (Å²) in [5, 5.41) is 11.4. The second kappa shape index (κ2) is 7.47. The number of nitrogens with one attached hydrogen (secondary N) is 1. The number of aromatic nitrogens is 3. The summed E-state index contributed by atoms with van der Waals surface area (Å²) >= 11 is 6.15. The quantitative estimate of drug-likeness (QED) is 0.554. The number of benzene rings is 3. The molecule has 3 aromatic carbocycles. The highest BCUT2D eigenvalue weighted by atomic mass is 35.5. The summed E-state index contributed by atoms with van der Waals surface area (Å²) in [6, 6.07) is 21.8. The van der Waals surface area contributed by atoms with Crippen LogP contribution in [0.1, 0.15) is 0 Å². The van der Waals surface area contributed by atoms with E-state index in [-0.39, 0.29) is 12.5 Å². The number of amides is 1.